The fraction of sp³-hybridized carbons (Fsp3) is 0.714. The van der Waals surface area contributed by atoms with Gasteiger partial charge in [0.15, 0.2) is 0 Å². The van der Waals surface area contributed by atoms with Gasteiger partial charge in [-0.15, -0.1) is 0 Å². The van der Waals surface area contributed by atoms with E-state index in [1.807, 2.05) is 18.7 Å². The first-order chi connectivity index (χ1) is 9.47. The van der Waals surface area contributed by atoms with E-state index in [1.54, 1.807) is 4.68 Å². The van der Waals surface area contributed by atoms with Crippen molar-refractivity contribution in [3.63, 3.8) is 0 Å². The van der Waals surface area contributed by atoms with Gasteiger partial charge in [-0.2, -0.15) is 5.10 Å². The van der Waals surface area contributed by atoms with Gasteiger partial charge in [0.1, 0.15) is 6.54 Å². The van der Waals surface area contributed by atoms with Crippen LogP contribution in [0.4, 0.5) is 0 Å². The minimum atomic E-state index is -0.250. The van der Waals surface area contributed by atoms with Crippen LogP contribution in [0.2, 0.25) is 5.02 Å². The SMILES string of the molecule is Cc1nn(CC(=O)N2C3CCC2CC(O)C3)c(C)c1Cl. The molecule has 2 atom stereocenters. The van der Waals surface area contributed by atoms with Crippen molar-refractivity contribution in [2.75, 3.05) is 0 Å². The van der Waals surface area contributed by atoms with E-state index in [0.29, 0.717) is 17.9 Å². The van der Waals surface area contributed by atoms with Crippen LogP contribution in [-0.2, 0) is 11.3 Å². The molecule has 1 aromatic rings. The number of fused-ring (bicyclic) bond motifs is 2. The highest BCUT2D eigenvalue weighted by Crippen LogP contribution is 2.36. The van der Waals surface area contributed by atoms with Crippen LogP contribution in [0.15, 0.2) is 0 Å². The standard InChI is InChI=1S/C14H20ClN3O2/c1-8-14(15)9(2)17(16-8)7-13(20)18-10-3-4-11(18)6-12(19)5-10/h10-12,19H,3-7H2,1-2H3. The zero-order chi connectivity index (χ0) is 14.4. The summed E-state index contributed by atoms with van der Waals surface area (Å²) < 4.78 is 1.68. The van der Waals surface area contributed by atoms with Gasteiger partial charge in [-0.3, -0.25) is 9.48 Å². The number of carbonyl (C=O) groups is 1. The first-order valence-corrected chi connectivity index (χ1v) is 7.54. The Kier molecular flexibility index (Phi) is 3.50. The minimum Gasteiger partial charge on any atom is -0.393 e. The molecule has 1 N–H and O–H groups in total. The average Bonchev–Trinajstić information content (AvgIpc) is 2.80. The number of hydrogen-bond donors (Lipinski definition) is 1. The Morgan fingerprint density at radius 3 is 2.45 bits per heavy atom. The van der Waals surface area contributed by atoms with Crippen LogP contribution >= 0.6 is 11.6 Å². The maximum atomic E-state index is 12.5. The van der Waals surface area contributed by atoms with Gasteiger partial charge in [0.05, 0.1) is 22.5 Å². The molecule has 2 bridgehead atoms. The van der Waals surface area contributed by atoms with Crippen LogP contribution in [0.5, 0.6) is 0 Å². The predicted octanol–water partition coefficient (Wildman–Crippen LogP) is 1.67. The molecule has 1 aromatic heterocycles. The number of nitrogens with zero attached hydrogens (tertiary/aromatic N) is 3. The maximum absolute atomic E-state index is 12.5. The van der Waals surface area contributed by atoms with Crippen molar-refractivity contribution in [3.05, 3.63) is 16.4 Å². The molecule has 6 heteroatoms. The van der Waals surface area contributed by atoms with Gasteiger partial charge in [-0.25, -0.2) is 0 Å². The molecule has 0 radical (unpaired) electrons. The van der Waals surface area contributed by atoms with Crippen LogP contribution in [-0.4, -0.2) is 43.9 Å². The molecule has 0 spiro atoms. The lowest BCUT2D eigenvalue weighted by Gasteiger charge is -2.37. The zero-order valence-corrected chi connectivity index (χ0v) is 12.6. The van der Waals surface area contributed by atoms with Gasteiger partial charge in [0.25, 0.3) is 0 Å². The third-order valence-corrected chi connectivity index (χ3v) is 5.12. The molecular weight excluding hydrogens is 278 g/mol. The topological polar surface area (TPSA) is 58.4 Å². The van der Waals surface area contributed by atoms with Crippen molar-refractivity contribution in [3.8, 4) is 0 Å². The van der Waals surface area contributed by atoms with E-state index in [-0.39, 0.29) is 30.6 Å². The predicted molar refractivity (Wildman–Crippen MR) is 75.6 cm³/mol. The maximum Gasteiger partial charge on any atom is 0.244 e. The number of rotatable bonds is 2. The van der Waals surface area contributed by atoms with E-state index < -0.39 is 0 Å². The molecule has 0 aliphatic carbocycles. The van der Waals surface area contributed by atoms with E-state index in [1.165, 1.54) is 0 Å². The summed E-state index contributed by atoms with van der Waals surface area (Å²) in [7, 11) is 0. The number of carbonyl (C=O) groups excluding carboxylic acids is 1. The largest absolute Gasteiger partial charge is 0.393 e. The number of amides is 1. The molecule has 1 amide bonds. The van der Waals surface area contributed by atoms with E-state index in [2.05, 4.69) is 5.10 Å². The molecule has 2 fully saturated rings. The summed E-state index contributed by atoms with van der Waals surface area (Å²) in [6, 6.07) is 0.396. The molecule has 2 aliphatic rings. The van der Waals surface area contributed by atoms with Gasteiger partial charge in [0.2, 0.25) is 5.91 Å². The second kappa shape index (κ2) is 5.04. The van der Waals surface area contributed by atoms with E-state index in [4.69, 9.17) is 11.6 Å². The first-order valence-electron chi connectivity index (χ1n) is 7.16. The molecule has 20 heavy (non-hydrogen) atoms. The zero-order valence-electron chi connectivity index (χ0n) is 11.8. The highest BCUT2D eigenvalue weighted by Gasteiger charge is 2.42. The lowest BCUT2D eigenvalue weighted by Crippen LogP contribution is -2.49. The van der Waals surface area contributed by atoms with Crippen LogP contribution in [0, 0.1) is 13.8 Å². The third kappa shape index (κ3) is 2.23. The van der Waals surface area contributed by atoms with Crippen molar-refractivity contribution < 1.29 is 9.90 Å². The van der Waals surface area contributed by atoms with E-state index in [9.17, 15) is 9.90 Å². The monoisotopic (exact) mass is 297 g/mol. The summed E-state index contributed by atoms with van der Waals surface area (Å²) in [5, 5.41) is 14.7. The summed E-state index contributed by atoms with van der Waals surface area (Å²) in [5.74, 6) is 0.0895. The van der Waals surface area contributed by atoms with Gasteiger partial charge in [-0.05, 0) is 39.5 Å². The number of aliphatic hydroxyl groups excluding tert-OH is 1. The number of aliphatic hydroxyl groups is 1. The molecule has 3 rings (SSSR count). The first kappa shape index (κ1) is 13.9. The average molecular weight is 298 g/mol. The molecule has 2 aliphatic heterocycles. The van der Waals surface area contributed by atoms with Gasteiger partial charge in [0, 0.05) is 12.1 Å². The van der Waals surface area contributed by atoms with Crippen molar-refractivity contribution in [1.82, 2.24) is 14.7 Å². The Bertz CT molecular complexity index is 529. The Morgan fingerprint density at radius 1 is 1.35 bits per heavy atom. The smallest absolute Gasteiger partial charge is 0.244 e. The Hall–Kier alpha value is -1.07. The summed E-state index contributed by atoms with van der Waals surface area (Å²) in [5.41, 5.74) is 1.59. The van der Waals surface area contributed by atoms with Crippen LogP contribution in [0.1, 0.15) is 37.1 Å². The Balaban J connectivity index is 1.75. The van der Waals surface area contributed by atoms with Crippen LogP contribution in [0.25, 0.3) is 0 Å². The number of aryl methyl sites for hydroxylation is 1. The fourth-order valence-electron chi connectivity index (χ4n) is 3.59. The number of piperidine rings is 1. The molecule has 5 nitrogen and oxygen atoms in total. The third-order valence-electron chi connectivity index (χ3n) is 4.57. The second-order valence-corrected chi connectivity index (χ2v) is 6.33. The van der Waals surface area contributed by atoms with Crippen LogP contribution in [0.3, 0.4) is 0 Å². The van der Waals surface area contributed by atoms with E-state index in [0.717, 1.165) is 24.2 Å². The quantitative estimate of drug-likeness (QED) is 0.903. The molecule has 3 heterocycles. The Labute approximate surface area is 123 Å². The normalized spacial score (nSPS) is 29.0. The lowest BCUT2D eigenvalue weighted by atomic mass is 10.00. The molecule has 0 saturated carbocycles. The van der Waals surface area contributed by atoms with Crippen molar-refractivity contribution in [2.24, 2.45) is 0 Å². The number of hydrogen-bond acceptors (Lipinski definition) is 3. The molecule has 2 unspecified atom stereocenters. The van der Waals surface area contributed by atoms with E-state index >= 15 is 0 Å². The second-order valence-electron chi connectivity index (χ2n) is 5.95. The van der Waals surface area contributed by atoms with Crippen molar-refractivity contribution >= 4 is 17.5 Å². The Morgan fingerprint density at radius 2 is 1.95 bits per heavy atom. The van der Waals surface area contributed by atoms with Gasteiger partial charge in [-0.1, -0.05) is 11.6 Å². The highest BCUT2D eigenvalue weighted by atomic mass is 35.5. The van der Waals surface area contributed by atoms with Crippen LogP contribution < -0.4 is 0 Å². The fourth-order valence-corrected chi connectivity index (χ4v) is 3.73. The lowest BCUT2D eigenvalue weighted by molar-refractivity contribution is -0.138. The summed E-state index contributed by atoms with van der Waals surface area (Å²) >= 11 is 6.12. The highest BCUT2D eigenvalue weighted by molar-refractivity contribution is 6.31. The summed E-state index contributed by atoms with van der Waals surface area (Å²) in [6.07, 6.45) is 3.18. The minimum absolute atomic E-state index is 0.0895. The number of aromatic nitrogens is 2. The molecule has 2 saturated heterocycles. The van der Waals surface area contributed by atoms with Crippen molar-refractivity contribution in [1.29, 1.82) is 0 Å². The van der Waals surface area contributed by atoms with Gasteiger partial charge < -0.3 is 10.0 Å². The molecule has 110 valence electrons. The molecular formula is C14H20ClN3O2. The molecule has 0 aromatic carbocycles. The summed E-state index contributed by atoms with van der Waals surface area (Å²) in [6.45, 7) is 3.96. The number of halogens is 1. The summed E-state index contributed by atoms with van der Waals surface area (Å²) in [4.78, 5) is 14.5. The van der Waals surface area contributed by atoms with Gasteiger partial charge >= 0.3 is 0 Å². The van der Waals surface area contributed by atoms with Crippen molar-refractivity contribution in [2.45, 2.75) is 64.3 Å².